The lowest BCUT2D eigenvalue weighted by molar-refractivity contribution is 0.0658. The van der Waals surface area contributed by atoms with Crippen molar-refractivity contribution in [1.82, 2.24) is 9.80 Å². The molecular formula is C14H19FN2OS. The first-order chi connectivity index (χ1) is 8.99. The molecule has 0 spiro atoms. The zero-order chi connectivity index (χ0) is 14.0. The van der Waals surface area contributed by atoms with Gasteiger partial charge in [0.15, 0.2) is 0 Å². The van der Waals surface area contributed by atoms with E-state index in [-0.39, 0.29) is 11.5 Å². The Balaban J connectivity index is 2.07. The molecule has 1 heterocycles. The number of carbonyl (C=O) groups excluding carboxylic acids is 1. The van der Waals surface area contributed by atoms with E-state index in [1.807, 2.05) is 14.1 Å². The van der Waals surface area contributed by atoms with Crippen LogP contribution in [0.25, 0.3) is 0 Å². The van der Waals surface area contributed by atoms with Gasteiger partial charge in [0, 0.05) is 24.0 Å². The highest BCUT2D eigenvalue weighted by molar-refractivity contribution is 7.80. The Hall–Kier alpha value is -1.07. The molecule has 0 bridgehead atoms. The monoisotopic (exact) mass is 282 g/mol. The lowest BCUT2D eigenvalue weighted by Gasteiger charge is -2.35. The minimum Gasteiger partial charge on any atom is -0.338 e. The summed E-state index contributed by atoms with van der Waals surface area (Å²) < 4.78 is 13.7. The molecule has 1 fully saturated rings. The normalized spacial score (nSPS) is 17.0. The molecule has 104 valence electrons. The third-order valence-electron chi connectivity index (χ3n) is 3.66. The zero-order valence-corrected chi connectivity index (χ0v) is 12.2. The summed E-state index contributed by atoms with van der Waals surface area (Å²) in [4.78, 5) is 16.8. The van der Waals surface area contributed by atoms with E-state index in [9.17, 15) is 9.18 Å². The minimum absolute atomic E-state index is 0.121. The standard InChI is InChI=1S/C14H19FN2OS/c1-16(2)10-5-7-17(8-6-10)14(18)12-9-11(19)3-4-13(12)15/h3-4,9-10,19H,5-8H2,1-2H3. The van der Waals surface area contributed by atoms with Crippen molar-refractivity contribution in [2.75, 3.05) is 27.2 Å². The predicted molar refractivity (Wildman–Crippen MR) is 76.3 cm³/mol. The van der Waals surface area contributed by atoms with Crippen molar-refractivity contribution < 1.29 is 9.18 Å². The van der Waals surface area contributed by atoms with E-state index in [1.165, 1.54) is 12.1 Å². The first-order valence-corrected chi connectivity index (χ1v) is 6.88. The van der Waals surface area contributed by atoms with Crippen LogP contribution < -0.4 is 0 Å². The zero-order valence-electron chi connectivity index (χ0n) is 11.3. The smallest absolute Gasteiger partial charge is 0.256 e. The number of halogens is 1. The van der Waals surface area contributed by atoms with Gasteiger partial charge in [-0.05, 0) is 45.1 Å². The molecule has 2 rings (SSSR count). The highest BCUT2D eigenvalue weighted by Gasteiger charge is 2.26. The number of thiol groups is 1. The van der Waals surface area contributed by atoms with Gasteiger partial charge in [0.25, 0.3) is 5.91 Å². The Morgan fingerprint density at radius 1 is 1.37 bits per heavy atom. The molecule has 1 amide bonds. The van der Waals surface area contributed by atoms with E-state index in [2.05, 4.69) is 17.5 Å². The van der Waals surface area contributed by atoms with E-state index in [4.69, 9.17) is 0 Å². The molecule has 1 aromatic carbocycles. The van der Waals surface area contributed by atoms with Crippen LogP contribution in [0.1, 0.15) is 23.2 Å². The minimum atomic E-state index is -0.475. The van der Waals surface area contributed by atoms with Gasteiger partial charge < -0.3 is 9.80 Å². The van der Waals surface area contributed by atoms with Crippen LogP contribution in [0.3, 0.4) is 0 Å². The Labute approximate surface area is 118 Å². The van der Waals surface area contributed by atoms with Crippen molar-refractivity contribution in [1.29, 1.82) is 0 Å². The molecule has 0 N–H and O–H groups in total. The van der Waals surface area contributed by atoms with Gasteiger partial charge in [0.05, 0.1) is 5.56 Å². The molecule has 0 aliphatic carbocycles. The topological polar surface area (TPSA) is 23.6 Å². The molecule has 1 saturated heterocycles. The summed E-state index contributed by atoms with van der Waals surface area (Å²) in [6.45, 7) is 1.36. The second kappa shape index (κ2) is 5.92. The summed E-state index contributed by atoms with van der Waals surface area (Å²) in [5.41, 5.74) is 0.121. The molecule has 1 aromatic rings. The molecule has 0 aromatic heterocycles. The molecule has 3 nitrogen and oxygen atoms in total. The fourth-order valence-electron chi connectivity index (χ4n) is 2.43. The van der Waals surface area contributed by atoms with E-state index in [0.717, 1.165) is 12.8 Å². The fourth-order valence-corrected chi connectivity index (χ4v) is 2.64. The van der Waals surface area contributed by atoms with Crippen molar-refractivity contribution in [2.24, 2.45) is 0 Å². The van der Waals surface area contributed by atoms with Gasteiger partial charge >= 0.3 is 0 Å². The predicted octanol–water partition coefficient (Wildman–Crippen LogP) is 2.28. The Morgan fingerprint density at radius 3 is 2.58 bits per heavy atom. The van der Waals surface area contributed by atoms with E-state index >= 15 is 0 Å². The third-order valence-corrected chi connectivity index (χ3v) is 3.94. The average molecular weight is 282 g/mol. The van der Waals surface area contributed by atoms with Crippen molar-refractivity contribution in [3.63, 3.8) is 0 Å². The van der Waals surface area contributed by atoms with Gasteiger partial charge in [-0.15, -0.1) is 12.6 Å². The Morgan fingerprint density at radius 2 is 2.00 bits per heavy atom. The number of hydrogen-bond donors (Lipinski definition) is 1. The van der Waals surface area contributed by atoms with E-state index < -0.39 is 5.82 Å². The number of benzene rings is 1. The highest BCUT2D eigenvalue weighted by atomic mass is 32.1. The van der Waals surface area contributed by atoms with Crippen molar-refractivity contribution in [2.45, 2.75) is 23.8 Å². The summed E-state index contributed by atoms with van der Waals surface area (Å²) in [6.07, 6.45) is 1.86. The van der Waals surface area contributed by atoms with Gasteiger partial charge in [0.1, 0.15) is 5.82 Å². The Bertz CT molecular complexity index is 471. The largest absolute Gasteiger partial charge is 0.338 e. The summed E-state index contributed by atoms with van der Waals surface area (Å²) >= 11 is 4.16. The molecular weight excluding hydrogens is 263 g/mol. The molecule has 1 aliphatic rings. The lowest BCUT2D eigenvalue weighted by Crippen LogP contribution is -2.44. The maximum Gasteiger partial charge on any atom is 0.256 e. The number of likely N-dealkylation sites (tertiary alicyclic amines) is 1. The molecule has 19 heavy (non-hydrogen) atoms. The van der Waals surface area contributed by atoms with Gasteiger partial charge in [-0.25, -0.2) is 4.39 Å². The quantitative estimate of drug-likeness (QED) is 0.841. The second-order valence-corrected chi connectivity index (χ2v) is 5.67. The van der Waals surface area contributed by atoms with Crippen LogP contribution >= 0.6 is 12.6 Å². The number of amides is 1. The number of carbonyl (C=O) groups is 1. The lowest BCUT2D eigenvalue weighted by atomic mass is 10.0. The van der Waals surface area contributed by atoms with Crippen LogP contribution in [-0.2, 0) is 0 Å². The molecule has 0 unspecified atom stereocenters. The maximum atomic E-state index is 13.7. The first kappa shape index (κ1) is 14.3. The summed E-state index contributed by atoms with van der Waals surface area (Å²) in [6, 6.07) is 4.85. The van der Waals surface area contributed by atoms with Gasteiger partial charge in [-0.2, -0.15) is 0 Å². The number of hydrogen-bond acceptors (Lipinski definition) is 3. The number of rotatable bonds is 2. The number of nitrogens with zero attached hydrogens (tertiary/aromatic N) is 2. The van der Waals surface area contributed by atoms with Crippen LogP contribution in [0.5, 0.6) is 0 Å². The van der Waals surface area contributed by atoms with Crippen LogP contribution in [0, 0.1) is 5.82 Å². The molecule has 5 heteroatoms. The molecule has 0 saturated carbocycles. The average Bonchev–Trinajstić information content (AvgIpc) is 2.41. The Kier molecular flexibility index (Phi) is 4.47. The van der Waals surface area contributed by atoms with Gasteiger partial charge in [-0.1, -0.05) is 0 Å². The van der Waals surface area contributed by atoms with Crippen molar-refractivity contribution in [3.05, 3.63) is 29.6 Å². The van der Waals surface area contributed by atoms with E-state index in [1.54, 1.807) is 11.0 Å². The van der Waals surface area contributed by atoms with Gasteiger partial charge in [-0.3, -0.25) is 4.79 Å². The van der Waals surface area contributed by atoms with Crippen molar-refractivity contribution in [3.8, 4) is 0 Å². The van der Waals surface area contributed by atoms with Crippen LogP contribution in [0.2, 0.25) is 0 Å². The summed E-state index contributed by atoms with van der Waals surface area (Å²) in [7, 11) is 4.10. The van der Waals surface area contributed by atoms with Crippen molar-refractivity contribution >= 4 is 18.5 Å². The molecule has 1 aliphatic heterocycles. The first-order valence-electron chi connectivity index (χ1n) is 6.43. The third kappa shape index (κ3) is 3.28. The van der Waals surface area contributed by atoms with E-state index in [0.29, 0.717) is 24.0 Å². The van der Waals surface area contributed by atoms with Crippen LogP contribution in [0.4, 0.5) is 4.39 Å². The molecule has 0 atom stereocenters. The second-order valence-electron chi connectivity index (χ2n) is 5.15. The van der Waals surface area contributed by atoms with Crippen LogP contribution in [-0.4, -0.2) is 48.9 Å². The number of piperidine rings is 1. The van der Waals surface area contributed by atoms with Crippen LogP contribution in [0.15, 0.2) is 23.1 Å². The molecule has 0 radical (unpaired) electrons. The summed E-state index contributed by atoms with van der Waals surface area (Å²) in [5.74, 6) is -0.705. The van der Waals surface area contributed by atoms with Gasteiger partial charge in [0.2, 0.25) is 0 Å². The summed E-state index contributed by atoms with van der Waals surface area (Å²) in [5, 5.41) is 0. The SMILES string of the molecule is CN(C)C1CCN(C(=O)c2cc(S)ccc2F)CC1. The fraction of sp³-hybridized carbons (Fsp3) is 0.500. The maximum absolute atomic E-state index is 13.7. The highest BCUT2D eigenvalue weighted by Crippen LogP contribution is 2.20.